The number of benzene rings is 2. The number of nitrogen functional groups attached to an aromatic ring is 1. The number of carbonyl (C=O) groups excluding carboxylic acids is 1. The summed E-state index contributed by atoms with van der Waals surface area (Å²) in [7, 11) is 0. The lowest BCUT2D eigenvalue weighted by molar-refractivity contribution is 0.104. The van der Waals surface area contributed by atoms with E-state index in [1.807, 2.05) is 30.3 Å². The van der Waals surface area contributed by atoms with Gasteiger partial charge in [0.15, 0.2) is 5.78 Å². The molecule has 0 aromatic heterocycles. The van der Waals surface area contributed by atoms with Crippen molar-refractivity contribution in [1.82, 2.24) is 0 Å². The normalized spacial score (nSPS) is 10.7. The lowest BCUT2D eigenvalue weighted by Crippen LogP contribution is -1.99. The summed E-state index contributed by atoms with van der Waals surface area (Å²) in [5, 5.41) is 0. The van der Waals surface area contributed by atoms with Crippen LogP contribution in [0.2, 0.25) is 0 Å². The van der Waals surface area contributed by atoms with Gasteiger partial charge in [-0.3, -0.25) is 4.79 Å². The van der Waals surface area contributed by atoms with E-state index >= 15 is 0 Å². The fourth-order valence-corrected chi connectivity index (χ4v) is 2.00. The van der Waals surface area contributed by atoms with Crippen LogP contribution in [0, 0.1) is 0 Å². The highest BCUT2D eigenvalue weighted by atomic mass is 79.9. The summed E-state index contributed by atoms with van der Waals surface area (Å²) in [4.78, 5) is 12.0. The molecule has 2 rings (SSSR count). The Bertz CT molecular complexity index is 605. The minimum absolute atomic E-state index is 0.0937. The van der Waals surface area contributed by atoms with Crippen molar-refractivity contribution in [2.24, 2.45) is 0 Å². The van der Waals surface area contributed by atoms with Crippen molar-refractivity contribution in [1.29, 1.82) is 0 Å². The van der Waals surface area contributed by atoms with E-state index < -0.39 is 0 Å². The molecule has 0 heterocycles. The summed E-state index contributed by atoms with van der Waals surface area (Å²) in [5.41, 5.74) is 7.74. The van der Waals surface area contributed by atoms with E-state index in [4.69, 9.17) is 5.73 Å². The van der Waals surface area contributed by atoms with Crippen molar-refractivity contribution in [2.75, 3.05) is 5.73 Å². The molecular formula is C15H12BrNO. The van der Waals surface area contributed by atoms with Crippen LogP contribution in [0.25, 0.3) is 6.08 Å². The Morgan fingerprint density at radius 3 is 2.44 bits per heavy atom. The SMILES string of the molecule is Nc1ccccc1C(=O)/C=C/c1ccccc1Br. The molecule has 0 radical (unpaired) electrons. The summed E-state index contributed by atoms with van der Waals surface area (Å²) in [6, 6.07) is 14.8. The molecule has 0 aliphatic carbocycles. The molecule has 0 aliphatic rings. The van der Waals surface area contributed by atoms with E-state index in [1.165, 1.54) is 6.08 Å². The smallest absolute Gasteiger partial charge is 0.187 e. The third-order valence-electron chi connectivity index (χ3n) is 2.55. The van der Waals surface area contributed by atoms with Crippen molar-refractivity contribution in [3.63, 3.8) is 0 Å². The third-order valence-corrected chi connectivity index (χ3v) is 3.27. The standard InChI is InChI=1S/C15H12BrNO/c16-13-7-3-1-5-11(13)9-10-15(18)12-6-2-4-8-14(12)17/h1-10H,17H2/b10-9+. The van der Waals surface area contributed by atoms with E-state index in [0.29, 0.717) is 11.3 Å². The maximum Gasteiger partial charge on any atom is 0.187 e. The molecule has 3 heteroatoms. The second-order valence-corrected chi connectivity index (χ2v) is 4.66. The Labute approximate surface area is 114 Å². The average Bonchev–Trinajstić information content (AvgIpc) is 2.38. The van der Waals surface area contributed by atoms with Gasteiger partial charge in [-0.15, -0.1) is 0 Å². The lowest BCUT2D eigenvalue weighted by Gasteiger charge is -2.00. The number of allylic oxidation sites excluding steroid dienone is 1. The zero-order valence-electron chi connectivity index (χ0n) is 9.64. The van der Waals surface area contributed by atoms with Gasteiger partial charge < -0.3 is 5.73 Å². The van der Waals surface area contributed by atoms with E-state index in [0.717, 1.165) is 10.0 Å². The maximum absolute atomic E-state index is 12.0. The Morgan fingerprint density at radius 1 is 1.06 bits per heavy atom. The zero-order valence-corrected chi connectivity index (χ0v) is 11.2. The fourth-order valence-electron chi connectivity index (χ4n) is 1.59. The van der Waals surface area contributed by atoms with Crippen LogP contribution in [0.3, 0.4) is 0 Å². The molecule has 18 heavy (non-hydrogen) atoms. The van der Waals surface area contributed by atoms with Gasteiger partial charge in [0.25, 0.3) is 0 Å². The molecule has 2 N–H and O–H groups in total. The van der Waals surface area contributed by atoms with Crippen LogP contribution in [-0.4, -0.2) is 5.78 Å². The molecule has 0 bridgehead atoms. The first kappa shape index (κ1) is 12.6. The van der Waals surface area contributed by atoms with Gasteiger partial charge in [0.05, 0.1) is 0 Å². The number of rotatable bonds is 3. The number of halogens is 1. The highest BCUT2D eigenvalue weighted by Crippen LogP contribution is 2.18. The fraction of sp³-hybridized carbons (Fsp3) is 0. The van der Waals surface area contributed by atoms with Gasteiger partial charge in [-0.05, 0) is 35.9 Å². The predicted octanol–water partition coefficient (Wildman–Crippen LogP) is 3.93. The van der Waals surface area contributed by atoms with Crippen molar-refractivity contribution >= 4 is 33.5 Å². The van der Waals surface area contributed by atoms with Crippen LogP contribution >= 0.6 is 15.9 Å². The molecule has 0 saturated carbocycles. The third kappa shape index (κ3) is 2.87. The molecular weight excluding hydrogens is 290 g/mol. The number of para-hydroxylation sites is 1. The van der Waals surface area contributed by atoms with Crippen LogP contribution in [0.1, 0.15) is 15.9 Å². The van der Waals surface area contributed by atoms with Crippen LogP contribution in [0.4, 0.5) is 5.69 Å². The summed E-state index contributed by atoms with van der Waals surface area (Å²) in [6.07, 6.45) is 3.31. The second kappa shape index (κ2) is 5.65. The number of nitrogens with two attached hydrogens (primary N) is 1. The Kier molecular flexibility index (Phi) is 3.95. The molecule has 0 amide bonds. The van der Waals surface area contributed by atoms with E-state index in [-0.39, 0.29) is 5.78 Å². The Morgan fingerprint density at radius 2 is 1.72 bits per heavy atom. The maximum atomic E-state index is 12.0. The number of hydrogen-bond acceptors (Lipinski definition) is 2. The number of ketones is 1. The topological polar surface area (TPSA) is 43.1 Å². The minimum Gasteiger partial charge on any atom is -0.398 e. The van der Waals surface area contributed by atoms with Crippen molar-refractivity contribution in [3.8, 4) is 0 Å². The minimum atomic E-state index is -0.0937. The molecule has 0 atom stereocenters. The van der Waals surface area contributed by atoms with Gasteiger partial charge in [-0.1, -0.05) is 46.3 Å². The number of hydrogen-bond donors (Lipinski definition) is 1. The first-order valence-corrected chi connectivity index (χ1v) is 6.29. The van der Waals surface area contributed by atoms with Crippen molar-refractivity contribution < 1.29 is 4.79 Å². The van der Waals surface area contributed by atoms with Crippen LogP contribution in [0.5, 0.6) is 0 Å². The van der Waals surface area contributed by atoms with E-state index in [2.05, 4.69) is 15.9 Å². The largest absolute Gasteiger partial charge is 0.398 e. The molecule has 0 aliphatic heterocycles. The van der Waals surface area contributed by atoms with Crippen molar-refractivity contribution in [2.45, 2.75) is 0 Å². The van der Waals surface area contributed by atoms with Gasteiger partial charge in [0, 0.05) is 15.7 Å². The van der Waals surface area contributed by atoms with E-state index in [1.54, 1.807) is 24.3 Å². The van der Waals surface area contributed by atoms with Gasteiger partial charge >= 0.3 is 0 Å². The molecule has 2 aromatic rings. The van der Waals surface area contributed by atoms with Crippen LogP contribution < -0.4 is 5.73 Å². The Hall–Kier alpha value is -1.87. The molecule has 0 unspecified atom stereocenters. The zero-order chi connectivity index (χ0) is 13.0. The molecule has 2 aromatic carbocycles. The van der Waals surface area contributed by atoms with Gasteiger partial charge in [0.2, 0.25) is 0 Å². The summed E-state index contributed by atoms with van der Waals surface area (Å²) >= 11 is 3.43. The second-order valence-electron chi connectivity index (χ2n) is 3.81. The summed E-state index contributed by atoms with van der Waals surface area (Å²) < 4.78 is 0.954. The summed E-state index contributed by atoms with van der Waals surface area (Å²) in [6.45, 7) is 0. The average molecular weight is 302 g/mol. The van der Waals surface area contributed by atoms with Crippen molar-refractivity contribution in [3.05, 3.63) is 70.2 Å². The molecule has 0 saturated heterocycles. The molecule has 2 nitrogen and oxygen atoms in total. The van der Waals surface area contributed by atoms with E-state index in [9.17, 15) is 4.79 Å². The quantitative estimate of drug-likeness (QED) is 0.530. The number of carbonyl (C=O) groups is 1. The monoisotopic (exact) mass is 301 g/mol. The summed E-state index contributed by atoms with van der Waals surface area (Å²) in [5.74, 6) is -0.0937. The van der Waals surface area contributed by atoms with Crippen LogP contribution in [0.15, 0.2) is 59.1 Å². The van der Waals surface area contributed by atoms with Crippen LogP contribution in [-0.2, 0) is 0 Å². The Balaban J connectivity index is 2.23. The first-order valence-electron chi connectivity index (χ1n) is 5.50. The predicted molar refractivity (Wildman–Crippen MR) is 78.4 cm³/mol. The van der Waals surface area contributed by atoms with Gasteiger partial charge in [0.1, 0.15) is 0 Å². The van der Waals surface area contributed by atoms with Gasteiger partial charge in [-0.2, -0.15) is 0 Å². The lowest BCUT2D eigenvalue weighted by atomic mass is 10.1. The first-order chi connectivity index (χ1) is 8.68. The van der Waals surface area contributed by atoms with Gasteiger partial charge in [-0.25, -0.2) is 0 Å². The highest BCUT2D eigenvalue weighted by molar-refractivity contribution is 9.10. The highest BCUT2D eigenvalue weighted by Gasteiger charge is 2.05. The molecule has 0 spiro atoms. The molecule has 0 fully saturated rings. The molecule has 90 valence electrons. The number of anilines is 1.